The zero-order valence-electron chi connectivity index (χ0n) is 17.1. The Balaban J connectivity index is 1.76. The SMILES string of the molecule is COc1ccccc1-c1nn(-c2ccccc2)cc1C(=O)Nc1cc(C(C)C)[nH]n1. The first kappa shape index (κ1) is 19.4. The van der Waals surface area contributed by atoms with Gasteiger partial charge >= 0.3 is 0 Å². The number of aromatic nitrogens is 4. The topological polar surface area (TPSA) is 84.8 Å². The number of hydrogen-bond donors (Lipinski definition) is 2. The average Bonchev–Trinajstić information content (AvgIpc) is 3.42. The third-order valence-electron chi connectivity index (χ3n) is 4.80. The van der Waals surface area contributed by atoms with E-state index in [0.29, 0.717) is 22.8 Å². The van der Waals surface area contributed by atoms with Crippen LogP contribution in [0.1, 0.15) is 35.8 Å². The van der Waals surface area contributed by atoms with Gasteiger partial charge in [0, 0.05) is 23.5 Å². The summed E-state index contributed by atoms with van der Waals surface area (Å²) in [6, 6.07) is 19.0. The number of rotatable bonds is 6. The summed E-state index contributed by atoms with van der Waals surface area (Å²) in [5.74, 6) is 1.11. The molecule has 4 aromatic rings. The van der Waals surface area contributed by atoms with E-state index in [1.807, 2.05) is 60.7 Å². The average molecular weight is 401 g/mol. The van der Waals surface area contributed by atoms with Crippen molar-refractivity contribution in [2.45, 2.75) is 19.8 Å². The van der Waals surface area contributed by atoms with E-state index >= 15 is 0 Å². The van der Waals surface area contributed by atoms with Crippen LogP contribution in [-0.2, 0) is 0 Å². The fourth-order valence-corrected chi connectivity index (χ4v) is 3.17. The molecular formula is C23H23N5O2. The molecule has 2 N–H and O–H groups in total. The highest BCUT2D eigenvalue weighted by Gasteiger charge is 2.22. The number of ether oxygens (including phenoxy) is 1. The molecule has 0 atom stereocenters. The second-order valence-electron chi connectivity index (χ2n) is 7.19. The highest BCUT2D eigenvalue weighted by molar-refractivity contribution is 6.08. The van der Waals surface area contributed by atoms with Gasteiger partial charge in [-0.3, -0.25) is 9.89 Å². The number of amides is 1. The normalized spacial score (nSPS) is 10.9. The van der Waals surface area contributed by atoms with E-state index in [4.69, 9.17) is 9.84 Å². The van der Waals surface area contributed by atoms with Crippen molar-refractivity contribution in [3.05, 3.63) is 78.1 Å². The predicted molar refractivity (Wildman–Crippen MR) is 116 cm³/mol. The minimum atomic E-state index is -0.292. The Kier molecular flexibility index (Phi) is 5.34. The number of benzene rings is 2. The minimum Gasteiger partial charge on any atom is -0.496 e. The second-order valence-corrected chi connectivity index (χ2v) is 7.19. The van der Waals surface area contributed by atoms with Crippen LogP contribution in [0.4, 0.5) is 5.82 Å². The molecule has 2 heterocycles. The number of H-pyrrole nitrogens is 1. The number of carbonyl (C=O) groups is 1. The number of methoxy groups -OCH3 is 1. The Labute approximate surface area is 174 Å². The van der Waals surface area contributed by atoms with Crippen molar-refractivity contribution in [3.8, 4) is 22.7 Å². The molecule has 0 fully saturated rings. The first-order valence-electron chi connectivity index (χ1n) is 9.72. The van der Waals surface area contributed by atoms with Crippen molar-refractivity contribution < 1.29 is 9.53 Å². The van der Waals surface area contributed by atoms with Crippen molar-refractivity contribution >= 4 is 11.7 Å². The van der Waals surface area contributed by atoms with Crippen molar-refractivity contribution in [2.24, 2.45) is 0 Å². The lowest BCUT2D eigenvalue weighted by molar-refractivity contribution is 0.102. The van der Waals surface area contributed by atoms with Crippen molar-refractivity contribution in [3.63, 3.8) is 0 Å². The molecule has 2 aromatic carbocycles. The quantitative estimate of drug-likeness (QED) is 0.493. The van der Waals surface area contributed by atoms with Crippen molar-refractivity contribution in [1.29, 1.82) is 0 Å². The number of hydrogen-bond acceptors (Lipinski definition) is 4. The highest BCUT2D eigenvalue weighted by Crippen LogP contribution is 2.32. The first-order valence-corrected chi connectivity index (χ1v) is 9.72. The Hall–Kier alpha value is -3.87. The molecule has 0 aliphatic rings. The van der Waals surface area contributed by atoms with Gasteiger partial charge in [-0.1, -0.05) is 44.2 Å². The molecule has 0 bridgehead atoms. The molecule has 152 valence electrons. The first-order chi connectivity index (χ1) is 14.6. The van der Waals surface area contributed by atoms with Crippen molar-refractivity contribution in [1.82, 2.24) is 20.0 Å². The van der Waals surface area contributed by atoms with Crippen LogP contribution in [-0.4, -0.2) is 33.0 Å². The van der Waals surface area contributed by atoms with Crippen LogP contribution >= 0.6 is 0 Å². The van der Waals surface area contributed by atoms with Gasteiger partial charge in [0.15, 0.2) is 5.82 Å². The number of nitrogens with one attached hydrogen (secondary N) is 2. The molecule has 0 saturated heterocycles. The fraction of sp³-hybridized carbons (Fsp3) is 0.174. The summed E-state index contributed by atoms with van der Waals surface area (Å²) in [6.45, 7) is 4.12. The number of para-hydroxylation sites is 2. The zero-order valence-corrected chi connectivity index (χ0v) is 17.1. The maximum absolute atomic E-state index is 13.2. The Bertz CT molecular complexity index is 1160. The van der Waals surface area contributed by atoms with E-state index < -0.39 is 0 Å². The van der Waals surface area contributed by atoms with Crippen LogP contribution in [0, 0.1) is 0 Å². The van der Waals surface area contributed by atoms with Gasteiger partial charge < -0.3 is 10.1 Å². The lowest BCUT2D eigenvalue weighted by Gasteiger charge is -2.07. The third-order valence-corrected chi connectivity index (χ3v) is 4.80. The molecule has 0 aliphatic heterocycles. The monoisotopic (exact) mass is 401 g/mol. The molecule has 0 saturated carbocycles. The zero-order chi connectivity index (χ0) is 21.1. The molecule has 0 unspecified atom stereocenters. The molecule has 0 spiro atoms. The number of carbonyl (C=O) groups excluding carboxylic acids is 1. The van der Waals surface area contributed by atoms with E-state index in [0.717, 1.165) is 16.9 Å². The highest BCUT2D eigenvalue weighted by atomic mass is 16.5. The summed E-state index contributed by atoms with van der Waals surface area (Å²) in [6.07, 6.45) is 1.72. The van der Waals surface area contributed by atoms with Gasteiger partial charge in [-0.05, 0) is 30.2 Å². The van der Waals surface area contributed by atoms with Gasteiger partial charge in [-0.2, -0.15) is 10.2 Å². The van der Waals surface area contributed by atoms with Crippen LogP contribution in [0.3, 0.4) is 0 Å². The van der Waals surface area contributed by atoms with Crippen LogP contribution in [0.5, 0.6) is 5.75 Å². The number of aromatic amines is 1. The van der Waals surface area contributed by atoms with Gasteiger partial charge in [0.2, 0.25) is 0 Å². The summed E-state index contributed by atoms with van der Waals surface area (Å²) in [5, 5.41) is 14.7. The van der Waals surface area contributed by atoms with E-state index in [2.05, 4.69) is 29.4 Å². The van der Waals surface area contributed by atoms with E-state index in [9.17, 15) is 4.79 Å². The van der Waals surface area contributed by atoms with Crippen LogP contribution in [0.2, 0.25) is 0 Å². The van der Waals surface area contributed by atoms with Crippen molar-refractivity contribution in [2.75, 3.05) is 12.4 Å². The lowest BCUT2D eigenvalue weighted by atomic mass is 10.1. The largest absolute Gasteiger partial charge is 0.496 e. The molecule has 7 nitrogen and oxygen atoms in total. The maximum Gasteiger partial charge on any atom is 0.260 e. The molecule has 2 aromatic heterocycles. The predicted octanol–water partition coefficient (Wildman–Crippen LogP) is 4.65. The smallest absolute Gasteiger partial charge is 0.260 e. The molecule has 0 radical (unpaired) electrons. The van der Waals surface area contributed by atoms with Gasteiger partial charge in [0.1, 0.15) is 11.4 Å². The Morgan fingerprint density at radius 3 is 2.53 bits per heavy atom. The van der Waals surface area contributed by atoms with Crippen LogP contribution in [0.15, 0.2) is 66.9 Å². The summed E-state index contributed by atoms with van der Waals surface area (Å²) in [4.78, 5) is 13.2. The molecule has 0 aliphatic carbocycles. The molecular weight excluding hydrogens is 378 g/mol. The van der Waals surface area contributed by atoms with Crippen LogP contribution < -0.4 is 10.1 Å². The summed E-state index contributed by atoms with van der Waals surface area (Å²) in [5.41, 5.74) is 3.51. The Morgan fingerprint density at radius 2 is 1.83 bits per heavy atom. The fourth-order valence-electron chi connectivity index (χ4n) is 3.17. The standard InChI is InChI=1S/C23H23N5O2/c1-15(2)19-13-21(26-25-19)24-23(29)18-14-28(16-9-5-4-6-10-16)27-22(18)17-11-7-8-12-20(17)30-3/h4-15H,1-3H3,(H2,24,25,26,29). The molecule has 30 heavy (non-hydrogen) atoms. The molecule has 4 rings (SSSR count). The van der Waals surface area contributed by atoms with E-state index in [1.165, 1.54) is 0 Å². The molecule has 7 heteroatoms. The van der Waals surface area contributed by atoms with Crippen LogP contribution in [0.25, 0.3) is 16.9 Å². The Morgan fingerprint density at radius 1 is 1.10 bits per heavy atom. The summed E-state index contributed by atoms with van der Waals surface area (Å²) >= 11 is 0. The summed E-state index contributed by atoms with van der Waals surface area (Å²) in [7, 11) is 1.60. The minimum absolute atomic E-state index is 0.285. The van der Waals surface area contributed by atoms with E-state index in [1.54, 1.807) is 18.0 Å². The number of anilines is 1. The van der Waals surface area contributed by atoms with Gasteiger partial charge in [-0.25, -0.2) is 4.68 Å². The maximum atomic E-state index is 13.2. The second kappa shape index (κ2) is 8.24. The third kappa shape index (κ3) is 3.82. The number of nitrogens with zero attached hydrogens (tertiary/aromatic N) is 3. The summed E-state index contributed by atoms with van der Waals surface area (Å²) < 4.78 is 7.19. The van der Waals surface area contributed by atoms with Gasteiger partial charge in [-0.15, -0.1) is 0 Å². The van der Waals surface area contributed by atoms with Gasteiger partial charge in [0.05, 0.1) is 18.4 Å². The van der Waals surface area contributed by atoms with Gasteiger partial charge in [0.25, 0.3) is 5.91 Å². The molecule has 1 amide bonds. The lowest BCUT2D eigenvalue weighted by Crippen LogP contribution is -2.12. The van der Waals surface area contributed by atoms with E-state index in [-0.39, 0.29) is 11.8 Å².